The highest BCUT2D eigenvalue weighted by Crippen LogP contribution is 2.42. The van der Waals surface area contributed by atoms with Crippen LogP contribution in [0, 0.1) is 0 Å². The number of rotatable bonds is 4. The minimum atomic E-state index is -0.254. The predicted molar refractivity (Wildman–Crippen MR) is 63.4 cm³/mol. The summed E-state index contributed by atoms with van der Waals surface area (Å²) in [6, 6.07) is 0. The van der Waals surface area contributed by atoms with E-state index in [0.717, 1.165) is 19.5 Å². The Balaban J connectivity index is 1.88. The summed E-state index contributed by atoms with van der Waals surface area (Å²) in [6.45, 7) is 2.56. The van der Waals surface area contributed by atoms with Crippen molar-refractivity contribution in [3.63, 3.8) is 0 Å². The van der Waals surface area contributed by atoms with Gasteiger partial charge in [0.05, 0.1) is 5.69 Å². The second-order valence-corrected chi connectivity index (χ2v) is 4.95. The Morgan fingerprint density at radius 1 is 1.53 bits per heavy atom. The summed E-state index contributed by atoms with van der Waals surface area (Å²) >= 11 is 0. The third kappa shape index (κ3) is 2.07. The molecule has 92 valence electrons. The molecule has 1 amide bonds. The van der Waals surface area contributed by atoms with Crippen LogP contribution in [0.4, 0.5) is 0 Å². The van der Waals surface area contributed by atoms with E-state index in [2.05, 4.69) is 5.32 Å². The van der Waals surface area contributed by atoms with Crippen molar-refractivity contribution in [3.05, 3.63) is 17.0 Å². The van der Waals surface area contributed by atoms with Gasteiger partial charge in [0, 0.05) is 49.7 Å². The lowest BCUT2D eigenvalue weighted by molar-refractivity contribution is -0.118. The van der Waals surface area contributed by atoms with E-state index >= 15 is 0 Å². The van der Waals surface area contributed by atoms with E-state index in [1.165, 1.54) is 29.8 Å². The Morgan fingerprint density at radius 2 is 2.35 bits per heavy atom. The molecule has 5 nitrogen and oxygen atoms in total. The second-order valence-electron chi connectivity index (χ2n) is 4.95. The number of nitrogens with zero attached hydrogens (tertiary/aromatic N) is 2. The molecule has 0 bridgehead atoms. The Kier molecular flexibility index (Phi) is 2.63. The molecule has 1 fully saturated rings. The van der Waals surface area contributed by atoms with E-state index in [9.17, 15) is 4.79 Å². The molecule has 1 aliphatic heterocycles. The zero-order valence-corrected chi connectivity index (χ0v) is 9.91. The third-order valence-electron chi connectivity index (χ3n) is 3.57. The zero-order chi connectivity index (χ0) is 11.8. The van der Waals surface area contributed by atoms with Crippen molar-refractivity contribution in [2.24, 2.45) is 5.73 Å². The highest BCUT2D eigenvalue weighted by Gasteiger charge is 2.32. The van der Waals surface area contributed by atoms with Crippen molar-refractivity contribution in [1.29, 1.82) is 0 Å². The van der Waals surface area contributed by atoms with E-state index in [-0.39, 0.29) is 5.91 Å². The standard InChI is InChI=1S/C12H18N4O/c13-11(17)4-6-16-10-3-5-14-7-9(10)12(15-16)8-1-2-8/h8,14H,1-7H2,(H2,13,17). The minimum Gasteiger partial charge on any atom is -0.370 e. The number of hydrogen-bond acceptors (Lipinski definition) is 3. The van der Waals surface area contributed by atoms with Crippen molar-refractivity contribution >= 4 is 5.91 Å². The zero-order valence-electron chi connectivity index (χ0n) is 9.91. The normalized spacial score (nSPS) is 19.1. The second kappa shape index (κ2) is 4.14. The van der Waals surface area contributed by atoms with Crippen LogP contribution in [0.5, 0.6) is 0 Å². The van der Waals surface area contributed by atoms with Crippen LogP contribution in [0.15, 0.2) is 0 Å². The third-order valence-corrected chi connectivity index (χ3v) is 3.57. The molecule has 2 aliphatic rings. The molecule has 1 aromatic heterocycles. The monoisotopic (exact) mass is 234 g/mol. The number of carbonyl (C=O) groups is 1. The van der Waals surface area contributed by atoms with Gasteiger partial charge >= 0.3 is 0 Å². The molecule has 3 rings (SSSR count). The lowest BCUT2D eigenvalue weighted by Gasteiger charge is -2.15. The van der Waals surface area contributed by atoms with Crippen molar-refractivity contribution in [2.45, 2.75) is 44.7 Å². The molecule has 17 heavy (non-hydrogen) atoms. The lowest BCUT2D eigenvalue weighted by atomic mass is 10.0. The van der Waals surface area contributed by atoms with Crippen LogP contribution in [0.25, 0.3) is 0 Å². The number of primary amides is 1. The van der Waals surface area contributed by atoms with Gasteiger partial charge in [0.25, 0.3) is 0 Å². The van der Waals surface area contributed by atoms with Crippen molar-refractivity contribution in [1.82, 2.24) is 15.1 Å². The van der Waals surface area contributed by atoms with Gasteiger partial charge in [-0.15, -0.1) is 0 Å². The SMILES string of the molecule is NC(=O)CCn1nc(C2CC2)c2c1CCNC2. The average Bonchev–Trinajstić information content (AvgIpc) is 3.09. The van der Waals surface area contributed by atoms with Crippen LogP contribution in [-0.2, 0) is 24.3 Å². The Bertz CT molecular complexity index is 448. The smallest absolute Gasteiger partial charge is 0.219 e. The molecule has 0 radical (unpaired) electrons. The quantitative estimate of drug-likeness (QED) is 0.786. The van der Waals surface area contributed by atoms with E-state index in [0.29, 0.717) is 18.9 Å². The molecule has 0 saturated heterocycles. The number of fused-ring (bicyclic) bond motifs is 1. The summed E-state index contributed by atoms with van der Waals surface area (Å²) in [6.07, 6.45) is 3.91. The first-order chi connectivity index (χ1) is 8.25. The summed E-state index contributed by atoms with van der Waals surface area (Å²) in [5, 5.41) is 8.09. The van der Waals surface area contributed by atoms with E-state index < -0.39 is 0 Å². The van der Waals surface area contributed by atoms with Gasteiger partial charge in [-0.3, -0.25) is 9.48 Å². The van der Waals surface area contributed by atoms with Crippen molar-refractivity contribution in [3.8, 4) is 0 Å². The first kappa shape index (κ1) is 10.8. The maximum absolute atomic E-state index is 10.9. The summed E-state index contributed by atoms with van der Waals surface area (Å²) in [4.78, 5) is 10.9. The molecule has 0 unspecified atom stereocenters. The fourth-order valence-electron chi connectivity index (χ4n) is 2.53. The van der Waals surface area contributed by atoms with Crippen LogP contribution in [0.1, 0.15) is 42.1 Å². The molecule has 2 heterocycles. The fourth-order valence-corrected chi connectivity index (χ4v) is 2.53. The number of aryl methyl sites for hydroxylation is 1. The number of nitrogens with one attached hydrogen (secondary N) is 1. The van der Waals surface area contributed by atoms with E-state index in [1.807, 2.05) is 4.68 Å². The molecule has 1 saturated carbocycles. The molecule has 0 spiro atoms. The average molecular weight is 234 g/mol. The van der Waals surface area contributed by atoms with Crippen LogP contribution in [-0.4, -0.2) is 22.2 Å². The Morgan fingerprint density at radius 3 is 3.06 bits per heavy atom. The summed E-state index contributed by atoms with van der Waals surface area (Å²) in [7, 11) is 0. The number of nitrogens with two attached hydrogens (primary N) is 1. The van der Waals surface area contributed by atoms with Gasteiger partial charge in [-0.2, -0.15) is 5.10 Å². The highest BCUT2D eigenvalue weighted by molar-refractivity contribution is 5.73. The first-order valence-corrected chi connectivity index (χ1v) is 6.33. The molecular weight excluding hydrogens is 216 g/mol. The molecule has 1 aliphatic carbocycles. The van der Waals surface area contributed by atoms with Gasteiger partial charge in [0.2, 0.25) is 5.91 Å². The lowest BCUT2D eigenvalue weighted by Crippen LogP contribution is -2.25. The summed E-state index contributed by atoms with van der Waals surface area (Å²) < 4.78 is 2.01. The van der Waals surface area contributed by atoms with Crippen LogP contribution in [0.3, 0.4) is 0 Å². The fraction of sp³-hybridized carbons (Fsp3) is 0.667. The first-order valence-electron chi connectivity index (χ1n) is 6.33. The van der Waals surface area contributed by atoms with Crippen LogP contribution < -0.4 is 11.1 Å². The van der Waals surface area contributed by atoms with Crippen LogP contribution in [0.2, 0.25) is 0 Å². The van der Waals surface area contributed by atoms with Gasteiger partial charge in [0.15, 0.2) is 0 Å². The Hall–Kier alpha value is -1.36. The van der Waals surface area contributed by atoms with E-state index in [4.69, 9.17) is 10.8 Å². The number of carbonyl (C=O) groups excluding carboxylic acids is 1. The highest BCUT2D eigenvalue weighted by atomic mass is 16.1. The van der Waals surface area contributed by atoms with Gasteiger partial charge < -0.3 is 11.1 Å². The van der Waals surface area contributed by atoms with Gasteiger partial charge in [-0.25, -0.2) is 0 Å². The number of aromatic nitrogens is 2. The molecule has 3 N–H and O–H groups in total. The van der Waals surface area contributed by atoms with Gasteiger partial charge in [0.1, 0.15) is 0 Å². The van der Waals surface area contributed by atoms with Crippen LogP contribution >= 0.6 is 0 Å². The molecular formula is C12H18N4O. The molecule has 5 heteroatoms. The number of amides is 1. The number of hydrogen-bond donors (Lipinski definition) is 2. The van der Waals surface area contributed by atoms with Crippen molar-refractivity contribution in [2.75, 3.05) is 6.54 Å². The largest absolute Gasteiger partial charge is 0.370 e. The Labute approximate surface area is 100 Å². The predicted octanol–water partition coefficient (Wildman–Crippen LogP) is 0.282. The van der Waals surface area contributed by atoms with Gasteiger partial charge in [-0.1, -0.05) is 0 Å². The maximum atomic E-state index is 10.9. The summed E-state index contributed by atoms with van der Waals surface area (Å²) in [5.41, 5.74) is 9.15. The van der Waals surface area contributed by atoms with E-state index in [1.54, 1.807) is 0 Å². The summed E-state index contributed by atoms with van der Waals surface area (Å²) in [5.74, 6) is 0.412. The van der Waals surface area contributed by atoms with Gasteiger partial charge in [-0.05, 0) is 12.8 Å². The molecule has 1 aromatic rings. The van der Waals surface area contributed by atoms with Crippen molar-refractivity contribution < 1.29 is 4.79 Å². The minimum absolute atomic E-state index is 0.254. The topological polar surface area (TPSA) is 72.9 Å². The molecule has 0 aromatic carbocycles. The molecule has 0 atom stereocenters. The maximum Gasteiger partial charge on any atom is 0.219 e.